The first-order valence-corrected chi connectivity index (χ1v) is 5.03. The van der Waals surface area contributed by atoms with E-state index in [1.807, 2.05) is 0 Å². The van der Waals surface area contributed by atoms with Crippen LogP contribution in [0.25, 0.3) is 0 Å². The maximum absolute atomic E-state index is 5.88. The van der Waals surface area contributed by atoms with Crippen molar-refractivity contribution in [3.05, 3.63) is 0 Å². The van der Waals surface area contributed by atoms with Gasteiger partial charge in [0.25, 0.3) is 0 Å². The summed E-state index contributed by atoms with van der Waals surface area (Å²) in [5.41, 5.74) is 0.311. The van der Waals surface area contributed by atoms with Crippen molar-refractivity contribution < 1.29 is 0 Å². The number of nitrogens with one attached hydrogen (secondary N) is 1. The molecular formula is C9H18ClN. The molecule has 0 amide bonds. The van der Waals surface area contributed by atoms with Crippen LogP contribution in [-0.2, 0) is 0 Å². The molecule has 1 rings (SSSR count). The molecule has 1 N–H and O–H groups in total. The first-order valence-electron chi connectivity index (χ1n) is 4.49. The lowest BCUT2D eigenvalue weighted by Crippen LogP contribution is -2.53. The van der Waals surface area contributed by atoms with Crippen LogP contribution in [0.2, 0.25) is 0 Å². The predicted molar refractivity (Wildman–Crippen MR) is 50.1 cm³/mol. The fraction of sp³-hybridized carbons (Fsp3) is 1.00. The van der Waals surface area contributed by atoms with Crippen molar-refractivity contribution in [2.45, 2.75) is 38.6 Å². The van der Waals surface area contributed by atoms with Crippen LogP contribution in [0.4, 0.5) is 0 Å². The van der Waals surface area contributed by atoms with Crippen LogP contribution in [-0.4, -0.2) is 18.0 Å². The van der Waals surface area contributed by atoms with Crippen LogP contribution >= 0.6 is 11.6 Å². The Kier molecular flexibility index (Phi) is 3.20. The van der Waals surface area contributed by atoms with E-state index in [1.165, 1.54) is 19.3 Å². The van der Waals surface area contributed by atoms with Gasteiger partial charge in [0.15, 0.2) is 0 Å². The second kappa shape index (κ2) is 3.77. The van der Waals surface area contributed by atoms with Crippen LogP contribution in [0, 0.1) is 5.92 Å². The number of hydrogen-bond acceptors (Lipinski definition) is 1. The van der Waals surface area contributed by atoms with Gasteiger partial charge in [0.05, 0.1) is 0 Å². The van der Waals surface area contributed by atoms with E-state index in [4.69, 9.17) is 11.6 Å². The molecule has 0 atom stereocenters. The second-order valence-electron chi connectivity index (χ2n) is 4.04. The maximum Gasteiger partial charge on any atom is 0.0406 e. The van der Waals surface area contributed by atoms with Gasteiger partial charge in [0.2, 0.25) is 0 Å². The average molecular weight is 176 g/mol. The van der Waals surface area contributed by atoms with Gasteiger partial charge in [0, 0.05) is 11.4 Å². The van der Waals surface area contributed by atoms with E-state index in [0.29, 0.717) is 5.54 Å². The van der Waals surface area contributed by atoms with Crippen molar-refractivity contribution in [2.24, 2.45) is 5.92 Å². The summed E-state index contributed by atoms with van der Waals surface area (Å²) in [4.78, 5) is 0. The highest BCUT2D eigenvalue weighted by Gasteiger charge is 2.35. The van der Waals surface area contributed by atoms with Crippen molar-refractivity contribution in [1.29, 1.82) is 0 Å². The molecule has 0 heterocycles. The van der Waals surface area contributed by atoms with E-state index in [1.54, 1.807) is 0 Å². The van der Waals surface area contributed by atoms with Crippen LogP contribution in [0.15, 0.2) is 0 Å². The van der Waals surface area contributed by atoms with Gasteiger partial charge in [-0.25, -0.2) is 0 Å². The summed E-state index contributed by atoms with van der Waals surface area (Å²) >= 11 is 5.88. The number of rotatable bonds is 4. The normalized spacial score (nSPS) is 21.8. The van der Waals surface area contributed by atoms with Gasteiger partial charge in [-0.3, -0.25) is 0 Å². The molecule has 1 aliphatic rings. The fourth-order valence-electron chi connectivity index (χ4n) is 1.38. The lowest BCUT2D eigenvalue weighted by molar-refractivity contribution is 0.206. The molecule has 0 unspecified atom stereocenters. The summed E-state index contributed by atoms with van der Waals surface area (Å²) in [5.74, 6) is 1.51. The molecular weight excluding hydrogens is 158 g/mol. The van der Waals surface area contributed by atoms with Gasteiger partial charge in [-0.1, -0.05) is 13.8 Å². The Balaban J connectivity index is 2.22. The Morgan fingerprint density at radius 1 is 1.45 bits per heavy atom. The first kappa shape index (κ1) is 9.34. The van der Waals surface area contributed by atoms with E-state index in [9.17, 15) is 0 Å². The Morgan fingerprint density at radius 2 is 2.09 bits per heavy atom. The molecule has 0 aromatic heterocycles. The molecule has 0 saturated heterocycles. The van der Waals surface area contributed by atoms with E-state index >= 15 is 0 Å². The minimum Gasteiger partial charge on any atom is -0.310 e. The molecule has 0 aromatic carbocycles. The lowest BCUT2D eigenvalue weighted by Gasteiger charge is -2.41. The first-order chi connectivity index (χ1) is 5.18. The lowest BCUT2D eigenvalue weighted by atomic mass is 9.78. The largest absolute Gasteiger partial charge is 0.310 e. The third-order valence-corrected chi connectivity index (χ3v) is 2.96. The Labute approximate surface area is 74.5 Å². The Hall–Kier alpha value is 0.250. The van der Waals surface area contributed by atoms with Crippen LogP contribution in [0.3, 0.4) is 0 Å². The minimum absolute atomic E-state index is 0.311. The van der Waals surface area contributed by atoms with Crippen molar-refractivity contribution in [3.8, 4) is 0 Å². The second-order valence-corrected chi connectivity index (χ2v) is 4.31. The standard InChI is InChI=1S/C9H18ClN/c1-8(2)6-11-9(7-10)4-3-5-9/h8,11H,3-7H2,1-2H3. The molecule has 0 radical (unpaired) electrons. The number of hydrogen-bond donors (Lipinski definition) is 1. The van der Waals surface area contributed by atoms with Crippen molar-refractivity contribution in [3.63, 3.8) is 0 Å². The van der Waals surface area contributed by atoms with Gasteiger partial charge in [-0.15, -0.1) is 11.6 Å². The molecule has 1 fully saturated rings. The van der Waals surface area contributed by atoms with Gasteiger partial charge >= 0.3 is 0 Å². The number of alkyl halides is 1. The van der Waals surface area contributed by atoms with Gasteiger partial charge < -0.3 is 5.32 Å². The van der Waals surface area contributed by atoms with Crippen LogP contribution in [0.1, 0.15) is 33.1 Å². The molecule has 1 nitrogen and oxygen atoms in total. The fourth-order valence-corrected chi connectivity index (χ4v) is 1.74. The van der Waals surface area contributed by atoms with E-state index in [-0.39, 0.29) is 0 Å². The molecule has 0 bridgehead atoms. The monoisotopic (exact) mass is 175 g/mol. The molecule has 2 heteroatoms. The van der Waals surface area contributed by atoms with Crippen molar-refractivity contribution in [2.75, 3.05) is 12.4 Å². The highest BCUT2D eigenvalue weighted by molar-refractivity contribution is 6.18. The quantitative estimate of drug-likeness (QED) is 0.648. The topological polar surface area (TPSA) is 12.0 Å². The average Bonchev–Trinajstić information content (AvgIpc) is 1.86. The summed E-state index contributed by atoms with van der Waals surface area (Å²) in [7, 11) is 0. The third kappa shape index (κ3) is 2.34. The minimum atomic E-state index is 0.311. The zero-order valence-corrected chi connectivity index (χ0v) is 8.25. The van der Waals surface area contributed by atoms with Gasteiger partial charge in [-0.2, -0.15) is 0 Å². The Morgan fingerprint density at radius 3 is 2.36 bits per heavy atom. The molecule has 1 saturated carbocycles. The predicted octanol–water partition coefficient (Wildman–Crippen LogP) is 2.39. The molecule has 1 aliphatic carbocycles. The third-order valence-electron chi connectivity index (χ3n) is 2.45. The molecule has 11 heavy (non-hydrogen) atoms. The van der Waals surface area contributed by atoms with Crippen molar-refractivity contribution >= 4 is 11.6 Å². The van der Waals surface area contributed by atoms with E-state index in [0.717, 1.165) is 18.3 Å². The summed E-state index contributed by atoms with van der Waals surface area (Å²) in [5, 5.41) is 3.55. The zero-order chi connectivity index (χ0) is 8.32. The van der Waals surface area contributed by atoms with Gasteiger partial charge in [-0.05, 0) is 31.7 Å². The highest BCUT2D eigenvalue weighted by atomic mass is 35.5. The van der Waals surface area contributed by atoms with Crippen LogP contribution < -0.4 is 5.32 Å². The molecule has 0 aliphatic heterocycles. The van der Waals surface area contributed by atoms with Gasteiger partial charge in [0.1, 0.15) is 0 Å². The summed E-state index contributed by atoms with van der Waals surface area (Å²) in [6.07, 6.45) is 3.88. The van der Waals surface area contributed by atoms with E-state index in [2.05, 4.69) is 19.2 Å². The van der Waals surface area contributed by atoms with Crippen molar-refractivity contribution in [1.82, 2.24) is 5.32 Å². The number of halogens is 1. The molecule has 0 spiro atoms. The SMILES string of the molecule is CC(C)CNC1(CCl)CCC1. The summed E-state index contributed by atoms with van der Waals surface area (Å²) in [6, 6.07) is 0. The highest BCUT2D eigenvalue weighted by Crippen LogP contribution is 2.32. The molecule has 0 aromatic rings. The van der Waals surface area contributed by atoms with Crippen LogP contribution in [0.5, 0.6) is 0 Å². The van der Waals surface area contributed by atoms with E-state index < -0.39 is 0 Å². The summed E-state index contributed by atoms with van der Waals surface area (Å²) in [6.45, 7) is 5.56. The summed E-state index contributed by atoms with van der Waals surface area (Å²) < 4.78 is 0. The Bertz CT molecular complexity index is 113. The smallest absolute Gasteiger partial charge is 0.0406 e. The maximum atomic E-state index is 5.88. The zero-order valence-electron chi connectivity index (χ0n) is 7.49. The molecule has 66 valence electrons.